The summed E-state index contributed by atoms with van der Waals surface area (Å²) in [5.41, 5.74) is 0.0954. The summed E-state index contributed by atoms with van der Waals surface area (Å²) >= 11 is 0. The van der Waals surface area contributed by atoms with E-state index in [0.717, 1.165) is 6.39 Å². The third-order valence-electron chi connectivity index (χ3n) is 1.65. The Kier molecular flexibility index (Phi) is 4.99. The average molecular weight is 249 g/mol. The second-order valence-corrected chi connectivity index (χ2v) is 4.66. The van der Waals surface area contributed by atoms with Crippen molar-refractivity contribution < 1.29 is 22.8 Å². The van der Waals surface area contributed by atoms with Crippen LogP contribution in [0.2, 0.25) is 0 Å². The first-order valence-corrected chi connectivity index (χ1v) is 6.68. The van der Waals surface area contributed by atoms with Gasteiger partial charge in [0.15, 0.2) is 6.39 Å². The van der Waals surface area contributed by atoms with Crippen molar-refractivity contribution >= 4 is 13.0 Å². The molecule has 0 unspecified atom stereocenters. The van der Waals surface area contributed by atoms with E-state index in [1.54, 1.807) is 20.8 Å². The number of nitrogens with zero attached hydrogens (tertiary/aromatic N) is 1. The molecule has 0 spiro atoms. The molecule has 0 fully saturated rings. The molecule has 0 bridgehead atoms. The van der Waals surface area contributed by atoms with Crippen molar-refractivity contribution in [2.75, 3.05) is 19.8 Å². The quantitative estimate of drug-likeness (QED) is 0.688. The summed E-state index contributed by atoms with van der Waals surface area (Å²) in [6.45, 7) is 6.16. The summed E-state index contributed by atoms with van der Waals surface area (Å²) in [4.78, 5) is 3.84. The van der Waals surface area contributed by atoms with E-state index in [0.29, 0.717) is 6.61 Å². The van der Waals surface area contributed by atoms with Crippen LogP contribution in [-0.2, 0) is 13.6 Å². The van der Waals surface area contributed by atoms with Crippen molar-refractivity contribution in [1.82, 2.24) is 4.98 Å². The summed E-state index contributed by atoms with van der Waals surface area (Å²) in [6.07, 6.45) is 1.16. The molecule has 0 radical (unpaired) electrons. The molecule has 0 aliphatic heterocycles. The maximum absolute atomic E-state index is 12.3. The van der Waals surface area contributed by atoms with Gasteiger partial charge in [0, 0.05) is 0 Å². The van der Waals surface area contributed by atoms with Gasteiger partial charge < -0.3 is 18.2 Å². The van der Waals surface area contributed by atoms with Gasteiger partial charge in [-0.3, -0.25) is 4.57 Å². The number of hydrogen-bond acceptors (Lipinski definition) is 6. The molecule has 1 rings (SSSR count). The fourth-order valence-corrected chi connectivity index (χ4v) is 2.67. The molecule has 0 N–H and O–H groups in total. The molecule has 1 heterocycles. The van der Waals surface area contributed by atoms with E-state index >= 15 is 0 Å². The van der Waals surface area contributed by atoms with Gasteiger partial charge in [0.2, 0.25) is 5.44 Å². The van der Waals surface area contributed by atoms with Crippen LogP contribution in [0.5, 0.6) is 5.95 Å². The van der Waals surface area contributed by atoms with Crippen LogP contribution >= 0.6 is 7.60 Å². The predicted octanol–water partition coefficient (Wildman–Crippen LogP) is 1.96. The van der Waals surface area contributed by atoms with Gasteiger partial charge >= 0.3 is 13.5 Å². The Balaban J connectivity index is 3.00. The highest BCUT2D eigenvalue weighted by Gasteiger charge is 2.35. The van der Waals surface area contributed by atoms with Crippen LogP contribution < -0.4 is 10.2 Å². The van der Waals surface area contributed by atoms with Crippen molar-refractivity contribution in [2.24, 2.45) is 0 Å². The Bertz CT molecular complexity index is 355. The Morgan fingerprint density at radius 1 is 1.25 bits per heavy atom. The lowest BCUT2D eigenvalue weighted by Gasteiger charge is -2.14. The lowest BCUT2D eigenvalue weighted by Crippen LogP contribution is -2.14. The predicted molar refractivity (Wildman–Crippen MR) is 58.2 cm³/mol. The van der Waals surface area contributed by atoms with Gasteiger partial charge in [-0.25, -0.2) is 4.98 Å². The molecule has 7 heteroatoms. The molecule has 0 atom stereocenters. The van der Waals surface area contributed by atoms with E-state index in [4.69, 9.17) is 18.2 Å². The monoisotopic (exact) mass is 249 g/mol. The number of hydrogen-bond donors (Lipinski definition) is 0. The van der Waals surface area contributed by atoms with Gasteiger partial charge in [-0.05, 0) is 20.8 Å². The van der Waals surface area contributed by atoms with Gasteiger partial charge in [0.25, 0.3) is 0 Å². The van der Waals surface area contributed by atoms with Crippen LogP contribution in [0.4, 0.5) is 0 Å². The molecule has 16 heavy (non-hydrogen) atoms. The fraction of sp³-hybridized carbons (Fsp3) is 0.667. The average Bonchev–Trinajstić information content (AvgIpc) is 2.68. The zero-order valence-electron chi connectivity index (χ0n) is 9.63. The molecule has 0 saturated carbocycles. The first-order valence-electron chi connectivity index (χ1n) is 5.13. The van der Waals surface area contributed by atoms with Crippen molar-refractivity contribution in [3.8, 4) is 5.95 Å². The minimum Gasteiger partial charge on any atom is -0.464 e. The van der Waals surface area contributed by atoms with Gasteiger partial charge in [-0.15, -0.1) is 0 Å². The zero-order valence-corrected chi connectivity index (χ0v) is 10.5. The summed E-state index contributed by atoms with van der Waals surface area (Å²) in [5.74, 6) is 0.0905. The van der Waals surface area contributed by atoms with Crippen molar-refractivity contribution in [3.63, 3.8) is 0 Å². The number of aromatic nitrogens is 1. The first-order chi connectivity index (χ1) is 7.68. The smallest absolute Gasteiger partial charge is 0.387 e. The third kappa shape index (κ3) is 2.84. The van der Waals surface area contributed by atoms with E-state index in [1.165, 1.54) is 0 Å². The standard InChI is InChI=1S/C9H16NO5P/c1-4-12-9-8(10-7-13-9)16(11,14-5-2)15-6-3/h7H,4-6H2,1-3H3. The molecule has 0 aliphatic carbocycles. The highest BCUT2D eigenvalue weighted by atomic mass is 31.2. The lowest BCUT2D eigenvalue weighted by atomic mass is 10.8. The summed E-state index contributed by atoms with van der Waals surface area (Å²) < 4.78 is 32.7. The molecule has 0 aliphatic rings. The molecule has 1 aromatic heterocycles. The molecular formula is C9H16NO5P. The molecule has 92 valence electrons. The van der Waals surface area contributed by atoms with Crippen molar-refractivity contribution in [2.45, 2.75) is 20.8 Å². The third-order valence-corrected chi connectivity index (χ3v) is 3.66. The second kappa shape index (κ2) is 6.03. The van der Waals surface area contributed by atoms with Gasteiger partial charge in [-0.2, -0.15) is 0 Å². The van der Waals surface area contributed by atoms with Crippen molar-refractivity contribution in [3.05, 3.63) is 6.39 Å². The van der Waals surface area contributed by atoms with Crippen LogP contribution in [0.1, 0.15) is 20.8 Å². The summed E-state index contributed by atoms with van der Waals surface area (Å²) in [7, 11) is -3.42. The topological polar surface area (TPSA) is 70.8 Å². The second-order valence-electron chi connectivity index (χ2n) is 2.73. The summed E-state index contributed by atoms with van der Waals surface area (Å²) in [6, 6.07) is 0. The summed E-state index contributed by atoms with van der Waals surface area (Å²) in [5, 5.41) is 0. The van der Waals surface area contributed by atoms with Crippen LogP contribution in [0.15, 0.2) is 10.8 Å². The Morgan fingerprint density at radius 2 is 1.88 bits per heavy atom. The van der Waals surface area contributed by atoms with E-state index < -0.39 is 7.60 Å². The molecule has 1 aromatic rings. The maximum Gasteiger partial charge on any atom is 0.387 e. The van der Waals surface area contributed by atoms with Crippen molar-refractivity contribution in [1.29, 1.82) is 0 Å². The van der Waals surface area contributed by atoms with Crippen LogP contribution in [0, 0.1) is 0 Å². The number of rotatable bonds is 7. The van der Waals surface area contributed by atoms with Gasteiger partial charge in [0.1, 0.15) is 0 Å². The Hall–Kier alpha value is -0.840. The van der Waals surface area contributed by atoms with Crippen LogP contribution in [0.25, 0.3) is 0 Å². The highest BCUT2D eigenvalue weighted by Crippen LogP contribution is 2.48. The molecule has 0 amide bonds. The maximum atomic E-state index is 12.3. The van der Waals surface area contributed by atoms with E-state index in [-0.39, 0.29) is 24.6 Å². The molecule has 6 nitrogen and oxygen atoms in total. The van der Waals surface area contributed by atoms with E-state index in [2.05, 4.69) is 4.98 Å². The van der Waals surface area contributed by atoms with Gasteiger partial charge in [0.05, 0.1) is 19.8 Å². The highest BCUT2D eigenvalue weighted by molar-refractivity contribution is 7.62. The molecular weight excluding hydrogens is 233 g/mol. The Morgan fingerprint density at radius 3 is 2.38 bits per heavy atom. The molecule has 0 saturated heterocycles. The minimum atomic E-state index is -3.42. The van der Waals surface area contributed by atoms with E-state index in [9.17, 15) is 4.57 Å². The fourth-order valence-electron chi connectivity index (χ4n) is 1.14. The first kappa shape index (κ1) is 13.2. The van der Waals surface area contributed by atoms with Crippen LogP contribution in [-0.4, -0.2) is 24.8 Å². The zero-order chi connectivity index (χ0) is 12.0. The van der Waals surface area contributed by atoms with Crippen LogP contribution in [0.3, 0.4) is 0 Å². The normalized spacial score (nSPS) is 11.7. The Labute approximate surface area is 94.4 Å². The lowest BCUT2D eigenvalue weighted by molar-refractivity contribution is 0.225. The van der Waals surface area contributed by atoms with Gasteiger partial charge in [-0.1, -0.05) is 0 Å². The van der Waals surface area contributed by atoms with E-state index in [1.807, 2.05) is 0 Å². The largest absolute Gasteiger partial charge is 0.464 e. The number of oxazole rings is 1. The number of ether oxygens (including phenoxy) is 1. The molecule has 0 aromatic carbocycles. The minimum absolute atomic E-state index is 0.0905. The SMILES string of the molecule is CCOc1ocnc1P(=O)(OCC)OCC.